The maximum atomic E-state index is 11.9. The van der Waals surface area contributed by atoms with Crippen LogP contribution in [0.15, 0.2) is 0 Å². The maximum Gasteiger partial charge on any atom is 0.411 e. The smallest absolute Gasteiger partial charge is 0.411 e. The van der Waals surface area contributed by atoms with Gasteiger partial charge in [-0.15, -0.1) is 0 Å². The van der Waals surface area contributed by atoms with E-state index in [0.29, 0.717) is 0 Å². The van der Waals surface area contributed by atoms with Crippen LogP contribution in [0.4, 0.5) is 4.79 Å². The number of likely N-dealkylation sites (tertiary alicyclic amines) is 1. The minimum atomic E-state index is -1.14. The number of carboxylic acid groups (broad SMARTS) is 2. The van der Waals surface area contributed by atoms with Crippen molar-refractivity contribution in [3.8, 4) is 0 Å². The van der Waals surface area contributed by atoms with E-state index >= 15 is 0 Å². The van der Waals surface area contributed by atoms with Gasteiger partial charge in [-0.2, -0.15) is 0 Å². The average Bonchev–Trinajstić information content (AvgIpc) is 2.57. The number of amides is 1. The highest BCUT2D eigenvalue weighted by molar-refractivity contribution is 5.81. The van der Waals surface area contributed by atoms with Crippen LogP contribution in [-0.2, 0) is 14.3 Å². The third-order valence-corrected chi connectivity index (χ3v) is 2.76. The SMILES string of the molecule is CC(C)(C)OC(=O)N1C[C@@H](CC(=O)O)C[C@H]1C(=O)O. The van der Waals surface area contributed by atoms with Crippen LogP contribution in [0.25, 0.3) is 0 Å². The van der Waals surface area contributed by atoms with E-state index < -0.39 is 29.7 Å². The van der Waals surface area contributed by atoms with E-state index in [4.69, 9.17) is 14.9 Å². The Balaban J connectivity index is 2.76. The summed E-state index contributed by atoms with van der Waals surface area (Å²) in [5, 5.41) is 17.8. The van der Waals surface area contributed by atoms with E-state index in [1.807, 2.05) is 0 Å². The van der Waals surface area contributed by atoms with Gasteiger partial charge in [-0.05, 0) is 33.1 Å². The van der Waals surface area contributed by atoms with Gasteiger partial charge in [0.1, 0.15) is 11.6 Å². The zero-order chi connectivity index (χ0) is 14.8. The molecule has 2 N–H and O–H groups in total. The van der Waals surface area contributed by atoms with Crippen LogP contribution >= 0.6 is 0 Å². The van der Waals surface area contributed by atoms with Crippen molar-refractivity contribution >= 4 is 18.0 Å². The van der Waals surface area contributed by atoms with Crippen molar-refractivity contribution in [3.05, 3.63) is 0 Å². The van der Waals surface area contributed by atoms with E-state index in [9.17, 15) is 14.4 Å². The van der Waals surface area contributed by atoms with E-state index in [1.54, 1.807) is 20.8 Å². The van der Waals surface area contributed by atoms with E-state index in [1.165, 1.54) is 0 Å². The van der Waals surface area contributed by atoms with Gasteiger partial charge in [0.2, 0.25) is 0 Å². The summed E-state index contributed by atoms with van der Waals surface area (Å²) in [6, 6.07) is -1.01. The second-order valence-electron chi connectivity index (χ2n) is 5.69. The van der Waals surface area contributed by atoms with Gasteiger partial charge >= 0.3 is 18.0 Å². The van der Waals surface area contributed by atoms with Gasteiger partial charge in [-0.3, -0.25) is 9.69 Å². The molecule has 7 heteroatoms. The summed E-state index contributed by atoms with van der Waals surface area (Å²) < 4.78 is 5.13. The molecule has 1 aliphatic rings. The van der Waals surface area contributed by atoms with Crippen LogP contribution in [0.3, 0.4) is 0 Å². The molecule has 0 spiro atoms. The molecular weight excluding hydrogens is 254 g/mol. The molecule has 1 rings (SSSR count). The molecule has 1 amide bonds. The molecule has 0 saturated carbocycles. The standard InChI is InChI=1S/C12H19NO6/c1-12(2,3)19-11(18)13-6-7(5-9(14)15)4-8(13)10(16)17/h7-8H,4-6H2,1-3H3,(H,14,15)(H,16,17)/t7-,8+/m1/s1. The Kier molecular flexibility index (Phi) is 4.39. The Morgan fingerprint density at radius 1 is 1.26 bits per heavy atom. The fourth-order valence-electron chi connectivity index (χ4n) is 2.07. The van der Waals surface area contributed by atoms with Crippen molar-refractivity contribution in [2.45, 2.75) is 45.3 Å². The number of aliphatic carboxylic acids is 2. The van der Waals surface area contributed by atoms with E-state index in [0.717, 1.165) is 4.90 Å². The summed E-state index contributed by atoms with van der Waals surface area (Å²) >= 11 is 0. The lowest BCUT2D eigenvalue weighted by Gasteiger charge is -2.26. The number of rotatable bonds is 3. The number of carbonyl (C=O) groups excluding carboxylic acids is 1. The first-order valence-corrected chi connectivity index (χ1v) is 6.04. The van der Waals surface area contributed by atoms with Crippen LogP contribution in [0.2, 0.25) is 0 Å². The van der Waals surface area contributed by atoms with Gasteiger partial charge in [-0.1, -0.05) is 0 Å². The van der Waals surface area contributed by atoms with Gasteiger partial charge in [0.15, 0.2) is 0 Å². The van der Waals surface area contributed by atoms with E-state index in [-0.39, 0.29) is 25.3 Å². The Bertz CT molecular complexity index is 386. The number of hydrogen-bond acceptors (Lipinski definition) is 4. The van der Waals surface area contributed by atoms with Crippen molar-refractivity contribution in [3.63, 3.8) is 0 Å². The average molecular weight is 273 g/mol. The van der Waals surface area contributed by atoms with Crippen molar-refractivity contribution in [1.29, 1.82) is 0 Å². The fraction of sp³-hybridized carbons (Fsp3) is 0.750. The second-order valence-corrected chi connectivity index (χ2v) is 5.69. The predicted octanol–water partition coefficient (Wildman–Crippen LogP) is 1.17. The zero-order valence-electron chi connectivity index (χ0n) is 11.3. The van der Waals surface area contributed by atoms with Gasteiger partial charge < -0.3 is 14.9 Å². The second kappa shape index (κ2) is 5.46. The molecule has 0 aliphatic carbocycles. The largest absolute Gasteiger partial charge is 0.481 e. The molecule has 19 heavy (non-hydrogen) atoms. The molecule has 0 aromatic carbocycles. The lowest BCUT2D eigenvalue weighted by atomic mass is 10.0. The first-order chi connectivity index (χ1) is 8.60. The lowest BCUT2D eigenvalue weighted by Crippen LogP contribution is -2.43. The highest BCUT2D eigenvalue weighted by Crippen LogP contribution is 2.27. The molecule has 2 atom stereocenters. The van der Waals surface area contributed by atoms with Crippen LogP contribution in [-0.4, -0.2) is 51.3 Å². The molecule has 1 heterocycles. The molecule has 0 aromatic rings. The number of carbonyl (C=O) groups is 3. The van der Waals surface area contributed by atoms with Crippen LogP contribution < -0.4 is 0 Å². The molecule has 1 aliphatic heterocycles. The fourth-order valence-corrected chi connectivity index (χ4v) is 2.07. The number of hydrogen-bond donors (Lipinski definition) is 2. The molecular formula is C12H19NO6. The lowest BCUT2D eigenvalue weighted by molar-refractivity contribution is -0.142. The van der Waals surface area contributed by atoms with Crippen molar-refractivity contribution < 1.29 is 29.3 Å². The van der Waals surface area contributed by atoms with Crippen LogP contribution in [0.5, 0.6) is 0 Å². The Labute approximate surface area is 111 Å². The highest BCUT2D eigenvalue weighted by atomic mass is 16.6. The molecule has 0 aromatic heterocycles. The first-order valence-electron chi connectivity index (χ1n) is 6.04. The monoisotopic (exact) mass is 273 g/mol. The van der Waals surface area contributed by atoms with Gasteiger partial charge in [0, 0.05) is 13.0 Å². The maximum absolute atomic E-state index is 11.9. The number of nitrogens with zero attached hydrogens (tertiary/aromatic N) is 1. The summed E-state index contributed by atoms with van der Waals surface area (Å²) in [4.78, 5) is 34.8. The van der Waals surface area contributed by atoms with Crippen molar-refractivity contribution in [2.75, 3.05) is 6.54 Å². The minimum Gasteiger partial charge on any atom is -0.481 e. The Hall–Kier alpha value is -1.79. The molecule has 0 bridgehead atoms. The molecule has 0 unspecified atom stereocenters. The molecule has 7 nitrogen and oxygen atoms in total. The summed E-state index contributed by atoms with van der Waals surface area (Å²) in [7, 11) is 0. The molecule has 108 valence electrons. The van der Waals surface area contributed by atoms with Crippen molar-refractivity contribution in [1.82, 2.24) is 4.90 Å². The minimum absolute atomic E-state index is 0.0954. The first kappa shape index (κ1) is 15.3. The third-order valence-electron chi connectivity index (χ3n) is 2.76. The van der Waals surface area contributed by atoms with Gasteiger partial charge in [-0.25, -0.2) is 9.59 Å². The van der Waals surface area contributed by atoms with Crippen LogP contribution in [0.1, 0.15) is 33.6 Å². The van der Waals surface area contributed by atoms with Gasteiger partial charge in [0.05, 0.1) is 0 Å². The third kappa shape index (κ3) is 4.42. The number of ether oxygens (including phenoxy) is 1. The molecule has 1 fully saturated rings. The molecule has 1 saturated heterocycles. The normalized spacial score (nSPS) is 23.2. The molecule has 0 radical (unpaired) electrons. The summed E-state index contributed by atoms with van der Waals surface area (Å²) in [5.74, 6) is -2.50. The Morgan fingerprint density at radius 2 is 1.84 bits per heavy atom. The summed E-state index contributed by atoms with van der Waals surface area (Å²) in [6.07, 6.45) is -0.725. The summed E-state index contributed by atoms with van der Waals surface area (Å²) in [5.41, 5.74) is -0.717. The Morgan fingerprint density at radius 3 is 2.26 bits per heavy atom. The zero-order valence-corrected chi connectivity index (χ0v) is 11.3. The van der Waals surface area contributed by atoms with Crippen molar-refractivity contribution in [2.24, 2.45) is 5.92 Å². The number of carboxylic acids is 2. The van der Waals surface area contributed by atoms with Crippen LogP contribution in [0, 0.1) is 5.92 Å². The quantitative estimate of drug-likeness (QED) is 0.799. The highest BCUT2D eigenvalue weighted by Gasteiger charge is 2.42. The van der Waals surface area contributed by atoms with Gasteiger partial charge in [0.25, 0.3) is 0 Å². The predicted molar refractivity (Wildman–Crippen MR) is 64.7 cm³/mol. The summed E-state index contributed by atoms with van der Waals surface area (Å²) in [6.45, 7) is 5.15. The topological polar surface area (TPSA) is 104 Å². The van der Waals surface area contributed by atoms with E-state index in [2.05, 4.69) is 0 Å².